The number of hydrogen-bond donors (Lipinski definition) is 0. The number of hydrogen-bond acceptors (Lipinski definition) is 3. The molecule has 0 saturated carbocycles. The first kappa shape index (κ1) is 18.2. The van der Waals surface area contributed by atoms with Crippen molar-refractivity contribution in [2.24, 2.45) is 0 Å². The van der Waals surface area contributed by atoms with Gasteiger partial charge in [-0.2, -0.15) is 0 Å². The minimum atomic E-state index is -3.46. The van der Waals surface area contributed by atoms with Crippen molar-refractivity contribution in [3.63, 3.8) is 0 Å². The molecule has 0 aliphatic rings. The van der Waals surface area contributed by atoms with Gasteiger partial charge in [-0.25, -0.2) is 8.42 Å². The maximum Gasteiger partial charge on any atom is 0.255 e. The van der Waals surface area contributed by atoms with Gasteiger partial charge in [-0.3, -0.25) is 4.79 Å². The molecule has 4 nitrogen and oxygen atoms in total. The molecule has 24 heavy (non-hydrogen) atoms. The lowest BCUT2D eigenvalue weighted by Crippen LogP contribution is -2.38. The van der Waals surface area contributed by atoms with Crippen molar-refractivity contribution in [3.05, 3.63) is 65.7 Å². The molecule has 1 atom stereocenters. The second-order valence-electron chi connectivity index (χ2n) is 5.94. The van der Waals surface area contributed by atoms with Crippen molar-refractivity contribution in [3.8, 4) is 0 Å². The van der Waals surface area contributed by atoms with E-state index in [0.29, 0.717) is 6.54 Å². The summed E-state index contributed by atoms with van der Waals surface area (Å²) in [5.41, 5.74) is 1.25. The van der Waals surface area contributed by atoms with Gasteiger partial charge in [0.05, 0.1) is 10.5 Å². The fourth-order valence-electron chi connectivity index (χ4n) is 2.55. The van der Waals surface area contributed by atoms with E-state index >= 15 is 0 Å². The second kappa shape index (κ2) is 7.62. The van der Waals surface area contributed by atoms with Crippen LogP contribution in [0.4, 0.5) is 0 Å². The molecule has 0 aliphatic carbocycles. The highest BCUT2D eigenvalue weighted by atomic mass is 32.2. The molecule has 2 rings (SSSR count). The summed E-state index contributed by atoms with van der Waals surface area (Å²) in [6.07, 6.45) is 1.92. The lowest BCUT2D eigenvalue weighted by atomic mass is 10.1. The summed E-state index contributed by atoms with van der Waals surface area (Å²) in [6.45, 7) is 4.44. The summed E-state index contributed by atoms with van der Waals surface area (Å²) in [7, 11) is -3.46. The van der Waals surface area contributed by atoms with Gasteiger partial charge in [0.25, 0.3) is 5.91 Å². The third-order valence-electron chi connectivity index (χ3n) is 4.10. The minimum Gasteiger partial charge on any atom is -0.332 e. The molecule has 0 aliphatic heterocycles. The van der Waals surface area contributed by atoms with Gasteiger partial charge in [0, 0.05) is 18.8 Å². The Labute approximate surface area is 144 Å². The Morgan fingerprint density at radius 3 is 2.21 bits per heavy atom. The fourth-order valence-corrected chi connectivity index (χ4v) is 3.43. The van der Waals surface area contributed by atoms with Gasteiger partial charge in [0.1, 0.15) is 0 Å². The van der Waals surface area contributed by atoms with Gasteiger partial charge in [-0.15, -0.1) is 0 Å². The van der Waals surface area contributed by atoms with E-state index in [-0.39, 0.29) is 22.4 Å². The van der Waals surface area contributed by atoms with Crippen LogP contribution in [0.15, 0.2) is 59.5 Å². The SMILES string of the molecule is CCC(C)N(Cc1ccccc1)C(=O)c1ccccc1S(C)(=O)=O. The van der Waals surface area contributed by atoms with Crippen molar-refractivity contribution >= 4 is 15.7 Å². The number of rotatable bonds is 6. The zero-order valence-electron chi connectivity index (χ0n) is 14.3. The molecule has 2 aromatic rings. The topological polar surface area (TPSA) is 54.5 Å². The van der Waals surface area contributed by atoms with Crippen LogP contribution in [0, 0.1) is 0 Å². The summed E-state index contributed by atoms with van der Waals surface area (Å²) in [4.78, 5) is 14.9. The summed E-state index contributed by atoms with van der Waals surface area (Å²) in [6, 6.07) is 16.1. The number of nitrogens with zero attached hydrogens (tertiary/aromatic N) is 1. The zero-order chi connectivity index (χ0) is 17.7. The van der Waals surface area contributed by atoms with E-state index in [9.17, 15) is 13.2 Å². The van der Waals surface area contributed by atoms with Crippen molar-refractivity contribution in [1.29, 1.82) is 0 Å². The molecular formula is C19H23NO3S. The highest BCUT2D eigenvalue weighted by Gasteiger charge is 2.25. The minimum absolute atomic E-state index is 0.00493. The predicted octanol–water partition coefficient (Wildman–Crippen LogP) is 3.53. The number of carbonyl (C=O) groups is 1. The number of carbonyl (C=O) groups excluding carboxylic acids is 1. The van der Waals surface area contributed by atoms with Gasteiger partial charge < -0.3 is 4.90 Å². The molecule has 1 unspecified atom stereocenters. The maximum atomic E-state index is 13.1. The summed E-state index contributed by atoms with van der Waals surface area (Å²) in [5, 5.41) is 0. The Kier molecular flexibility index (Phi) is 5.78. The van der Waals surface area contributed by atoms with Crippen LogP contribution >= 0.6 is 0 Å². The number of sulfone groups is 1. The maximum absolute atomic E-state index is 13.1. The van der Waals surface area contributed by atoms with Gasteiger partial charge >= 0.3 is 0 Å². The molecule has 0 spiro atoms. The van der Waals surface area contributed by atoms with E-state index in [1.54, 1.807) is 23.1 Å². The van der Waals surface area contributed by atoms with Gasteiger partial charge in [-0.1, -0.05) is 49.4 Å². The average Bonchev–Trinajstić information content (AvgIpc) is 2.58. The molecule has 0 radical (unpaired) electrons. The number of benzene rings is 2. The molecule has 0 fully saturated rings. The molecule has 2 aromatic carbocycles. The Morgan fingerprint density at radius 2 is 1.62 bits per heavy atom. The van der Waals surface area contributed by atoms with Gasteiger partial charge in [-0.05, 0) is 31.0 Å². The van der Waals surface area contributed by atoms with E-state index in [1.807, 2.05) is 44.2 Å². The van der Waals surface area contributed by atoms with E-state index < -0.39 is 9.84 Å². The van der Waals surface area contributed by atoms with E-state index in [4.69, 9.17) is 0 Å². The van der Waals surface area contributed by atoms with Crippen LogP contribution in [0.1, 0.15) is 36.2 Å². The lowest BCUT2D eigenvalue weighted by Gasteiger charge is -2.29. The summed E-state index contributed by atoms with van der Waals surface area (Å²) in [5.74, 6) is -0.255. The quantitative estimate of drug-likeness (QED) is 0.805. The Hall–Kier alpha value is -2.14. The van der Waals surface area contributed by atoms with Crippen LogP contribution in [0.3, 0.4) is 0 Å². The van der Waals surface area contributed by atoms with E-state index in [1.165, 1.54) is 6.07 Å². The van der Waals surface area contributed by atoms with Crippen LogP contribution in [-0.4, -0.2) is 31.5 Å². The van der Waals surface area contributed by atoms with Crippen LogP contribution < -0.4 is 0 Å². The Morgan fingerprint density at radius 1 is 1.04 bits per heavy atom. The normalized spacial score (nSPS) is 12.6. The largest absolute Gasteiger partial charge is 0.332 e. The van der Waals surface area contributed by atoms with Crippen LogP contribution in [0.2, 0.25) is 0 Å². The zero-order valence-corrected chi connectivity index (χ0v) is 15.1. The van der Waals surface area contributed by atoms with Crippen molar-refractivity contribution < 1.29 is 13.2 Å². The van der Waals surface area contributed by atoms with Crippen LogP contribution in [0.5, 0.6) is 0 Å². The van der Waals surface area contributed by atoms with Gasteiger partial charge in [0.2, 0.25) is 0 Å². The lowest BCUT2D eigenvalue weighted by molar-refractivity contribution is 0.0667. The molecule has 0 heterocycles. The summed E-state index contributed by atoms with van der Waals surface area (Å²) >= 11 is 0. The molecular weight excluding hydrogens is 322 g/mol. The smallest absolute Gasteiger partial charge is 0.255 e. The Balaban J connectivity index is 2.43. The Bertz CT molecular complexity index is 800. The number of amides is 1. The standard InChI is InChI=1S/C19H23NO3S/c1-4-15(2)20(14-16-10-6-5-7-11-16)19(21)17-12-8-9-13-18(17)24(3,22)23/h5-13,15H,4,14H2,1-3H3. The monoisotopic (exact) mass is 345 g/mol. The second-order valence-corrected chi connectivity index (χ2v) is 7.93. The first-order valence-electron chi connectivity index (χ1n) is 7.98. The first-order valence-corrected chi connectivity index (χ1v) is 9.87. The predicted molar refractivity (Wildman–Crippen MR) is 95.6 cm³/mol. The van der Waals surface area contributed by atoms with E-state index in [0.717, 1.165) is 18.2 Å². The third kappa shape index (κ3) is 4.23. The molecule has 0 saturated heterocycles. The van der Waals surface area contributed by atoms with E-state index in [2.05, 4.69) is 0 Å². The molecule has 0 N–H and O–H groups in total. The van der Waals surface area contributed by atoms with Crippen molar-refractivity contribution in [1.82, 2.24) is 4.90 Å². The van der Waals surface area contributed by atoms with Crippen LogP contribution in [-0.2, 0) is 16.4 Å². The first-order chi connectivity index (χ1) is 11.3. The van der Waals surface area contributed by atoms with Crippen molar-refractivity contribution in [2.45, 2.75) is 37.8 Å². The summed E-state index contributed by atoms with van der Waals surface area (Å²) < 4.78 is 24.0. The highest BCUT2D eigenvalue weighted by molar-refractivity contribution is 7.90. The molecule has 0 bridgehead atoms. The van der Waals surface area contributed by atoms with Crippen molar-refractivity contribution in [2.75, 3.05) is 6.26 Å². The van der Waals surface area contributed by atoms with Crippen LogP contribution in [0.25, 0.3) is 0 Å². The highest BCUT2D eigenvalue weighted by Crippen LogP contribution is 2.21. The molecule has 5 heteroatoms. The molecule has 128 valence electrons. The fraction of sp³-hybridized carbons (Fsp3) is 0.316. The third-order valence-corrected chi connectivity index (χ3v) is 5.25. The average molecular weight is 345 g/mol. The van der Waals surface area contributed by atoms with Gasteiger partial charge in [0.15, 0.2) is 9.84 Å². The molecule has 0 aromatic heterocycles. The molecule has 1 amide bonds.